The zero-order valence-electron chi connectivity index (χ0n) is 9.05. The summed E-state index contributed by atoms with van der Waals surface area (Å²) in [4.78, 5) is 0. The second-order valence-corrected chi connectivity index (χ2v) is 4.80. The quantitative estimate of drug-likeness (QED) is 0.739. The first kappa shape index (κ1) is 12.3. The maximum absolute atomic E-state index is 9.83. The summed E-state index contributed by atoms with van der Waals surface area (Å²) in [6.45, 7) is 4.29. The number of nitrogens with two attached hydrogens (primary N) is 1. The van der Waals surface area contributed by atoms with Gasteiger partial charge in [-0.3, -0.25) is 0 Å². The van der Waals surface area contributed by atoms with Crippen LogP contribution in [0.1, 0.15) is 20.3 Å². The Morgan fingerprint density at radius 1 is 1.53 bits per heavy atom. The van der Waals surface area contributed by atoms with Crippen molar-refractivity contribution in [2.45, 2.75) is 25.9 Å². The number of hydrogen-bond acceptors (Lipinski definition) is 3. The Morgan fingerprint density at radius 2 is 2.20 bits per heavy atom. The largest absolute Gasteiger partial charge is 0.399 e. The highest BCUT2D eigenvalue weighted by Crippen LogP contribution is 2.25. The summed E-state index contributed by atoms with van der Waals surface area (Å²) in [6, 6.07) is 5.56. The van der Waals surface area contributed by atoms with Crippen molar-refractivity contribution in [2.75, 3.05) is 17.6 Å². The Labute approximate surface area is 98.8 Å². The van der Waals surface area contributed by atoms with Crippen LogP contribution in [0, 0.1) is 0 Å². The van der Waals surface area contributed by atoms with Crippen molar-refractivity contribution in [3.63, 3.8) is 0 Å². The zero-order valence-corrected chi connectivity index (χ0v) is 10.6. The van der Waals surface area contributed by atoms with Crippen LogP contribution in [0.2, 0.25) is 0 Å². The predicted octanol–water partition coefficient (Wildman–Crippen LogP) is 2.60. The van der Waals surface area contributed by atoms with E-state index >= 15 is 0 Å². The number of nitrogens with one attached hydrogen (secondary N) is 1. The van der Waals surface area contributed by atoms with Gasteiger partial charge in [-0.15, -0.1) is 0 Å². The molecule has 4 heteroatoms. The van der Waals surface area contributed by atoms with E-state index in [0.29, 0.717) is 13.0 Å². The lowest BCUT2D eigenvalue weighted by Gasteiger charge is -2.22. The Bertz CT molecular complexity index is 339. The van der Waals surface area contributed by atoms with Gasteiger partial charge in [0.1, 0.15) is 0 Å². The van der Waals surface area contributed by atoms with Gasteiger partial charge < -0.3 is 16.2 Å². The molecule has 0 aliphatic rings. The molecule has 84 valence electrons. The van der Waals surface area contributed by atoms with Gasteiger partial charge in [0.2, 0.25) is 0 Å². The normalized spacial score (nSPS) is 14.7. The van der Waals surface area contributed by atoms with Gasteiger partial charge in [0.05, 0.1) is 5.60 Å². The number of anilines is 2. The van der Waals surface area contributed by atoms with E-state index < -0.39 is 5.60 Å². The molecule has 0 saturated heterocycles. The monoisotopic (exact) mass is 272 g/mol. The molecule has 0 amide bonds. The fourth-order valence-electron chi connectivity index (χ4n) is 1.09. The average molecular weight is 273 g/mol. The lowest BCUT2D eigenvalue weighted by Crippen LogP contribution is -2.32. The molecule has 1 aromatic rings. The van der Waals surface area contributed by atoms with E-state index in [4.69, 9.17) is 5.73 Å². The number of halogens is 1. The van der Waals surface area contributed by atoms with Gasteiger partial charge in [0.15, 0.2) is 0 Å². The standard InChI is InChI=1S/C11H17BrN2O/c1-3-11(2,15)7-14-10-5-4-8(13)6-9(10)12/h4-6,14-15H,3,7,13H2,1-2H3. The highest BCUT2D eigenvalue weighted by molar-refractivity contribution is 9.10. The Hall–Kier alpha value is -0.740. The maximum Gasteiger partial charge on any atom is 0.0788 e. The van der Waals surface area contributed by atoms with Crippen molar-refractivity contribution < 1.29 is 5.11 Å². The van der Waals surface area contributed by atoms with Gasteiger partial charge in [-0.25, -0.2) is 0 Å². The van der Waals surface area contributed by atoms with Crippen molar-refractivity contribution >= 4 is 27.3 Å². The van der Waals surface area contributed by atoms with Crippen molar-refractivity contribution in [3.05, 3.63) is 22.7 Å². The molecule has 1 atom stereocenters. The van der Waals surface area contributed by atoms with E-state index in [1.54, 1.807) is 0 Å². The summed E-state index contributed by atoms with van der Waals surface area (Å²) >= 11 is 3.41. The number of benzene rings is 1. The Kier molecular flexibility index (Phi) is 3.99. The molecule has 1 unspecified atom stereocenters. The van der Waals surface area contributed by atoms with Gasteiger partial charge in [-0.05, 0) is 47.5 Å². The van der Waals surface area contributed by atoms with Crippen LogP contribution in [0.15, 0.2) is 22.7 Å². The number of nitrogen functional groups attached to an aromatic ring is 1. The van der Waals surface area contributed by atoms with Crippen molar-refractivity contribution in [1.29, 1.82) is 0 Å². The summed E-state index contributed by atoms with van der Waals surface area (Å²) in [7, 11) is 0. The molecule has 0 spiro atoms. The number of hydrogen-bond donors (Lipinski definition) is 3. The summed E-state index contributed by atoms with van der Waals surface area (Å²) < 4.78 is 0.911. The topological polar surface area (TPSA) is 58.3 Å². The fourth-order valence-corrected chi connectivity index (χ4v) is 1.62. The molecule has 0 aromatic heterocycles. The third-order valence-electron chi connectivity index (χ3n) is 2.41. The minimum atomic E-state index is -0.680. The molecule has 0 aliphatic heterocycles. The average Bonchev–Trinajstić information content (AvgIpc) is 2.16. The van der Waals surface area contributed by atoms with Crippen molar-refractivity contribution in [2.24, 2.45) is 0 Å². The first-order chi connectivity index (χ1) is 6.94. The number of rotatable bonds is 4. The minimum absolute atomic E-state index is 0.520. The summed E-state index contributed by atoms with van der Waals surface area (Å²) in [5.41, 5.74) is 6.61. The Balaban J connectivity index is 2.66. The molecule has 1 aromatic carbocycles. The van der Waals surface area contributed by atoms with E-state index in [-0.39, 0.29) is 0 Å². The van der Waals surface area contributed by atoms with Crippen LogP contribution in [0.5, 0.6) is 0 Å². The predicted molar refractivity (Wildman–Crippen MR) is 68.0 cm³/mol. The molecule has 0 saturated carbocycles. The highest BCUT2D eigenvalue weighted by Gasteiger charge is 2.17. The van der Waals surface area contributed by atoms with Gasteiger partial charge in [0, 0.05) is 22.4 Å². The van der Waals surface area contributed by atoms with Gasteiger partial charge in [0.25, 0.3) is 0 Å². The van der Waals surface area contributed by atoms with E-state index in [0.717, 1.165) is 15.8 Å². The second kappa shape index (κ2) is 4.86. The summed E-state index contributed by atoms with van der Waals surface area (Å²) in [5, 5.41) is 13.0. The molecule has 0 bridgehead atoms. The van der Waals surface area contributed by atoms with Gasteiger partial charge >= 0.3 is 0 Å². The third-order valence-corrected chi connectivity index (χ3v) is 3.07. The number of aliphatic hydroxyl groups is 1. The highest BCUT2D eigenvalue weighted by atomic mass is 79.9. The molecule has 0 fully saturated rings. The van der Waals surface area contributed by atoms with E-state index in [9.17, 15) is 5.11 Å². The molecule has 0 heterocycles. The zero-order chi connectivity index (χ0) is 11.5. The van der Waals surface area contributed by atoms with Crippen LogP contribution >= 0.6 is 15.9 Å². The van der Waals surface area contributed by atoms with E-state index in [1.807, 2.05) is 32.0 Å². The van der Waals surface area contributed by atoms with E-state index in [2.05, 4.69) is 21.2 Å². The SMILES string of the molecule is CCC(C)(O)CNc1ccc(N)cc1Br. The van der Waals surface area contributed by atoms with Crippen LogP contribution in [0.3, 0.4) is 0 Å². The third kappa shape index (κ3) is 3.72. The van der Waals surface area contributed by atoms with Crippen molar-refractivity contribution in [1.82, 2.24) is 0 Å². The molecule has 4 N–H and O–H groups in total. The maximum atomic E-state index is 9.83. The van der Waals surface area contributed by atoms with Gasteiger partial charge in [-0.2, -0.15) is 0 Å². The van der Waals surface area contributed by atoms with Crippen LogP contribution in [-0.4, -0.2) is 17.3 Å². The smallest absolute Gasteiger partial charge is 0.0788 e. The molecule has 3 nitrogen and oxygen atoms in total. The molecule has 15 heavy (non-hydrogen) atoms. The first-order valence-electron chi connectivity index (χ1n) is 4.96. The van der Waals surface area contributed by atoms with Gasteiger partial charge in [-0.1, -0.05) is 6.92 Å². The molecular formula is C11H17BrN2O. The van der Waals surface area contributed by atoms with E-state index in [1.165, 1.54) is 0 Å². The summed E-state index contributed by atoms with van der Waals surface area (Å²) in [5.74, 6) is 0. The fraction of sp³-hybridized carbons (Fsp3) is 0.455. The minimum Gasteiger partial charge on any atom is -0.399 e. The lowest BCUT2D eigenvalue weighted by atomic mass is 10.0. The van der Waals surface area contributed by atoms with Crippen LogP contribution in [-0.2, 0) is 0 Å². The molecule has 0 radical (unpaired) electrons. The lowest BCUT2D eigenvalue weighted by molar-refractivity contribution is 0.0697. The van der Waals surface area contributed by atoms with Crippen LogP contribution in [0.4, 0.5) is 11.4 Å². The van der Waals surface area contributed by atoms with Crippen LogP contribution in [0.25, 0.3) is 0 Å². The molecule has 1 rings (SSSR count). The Morgan fingerprint density at radius 3 is 2.73 bits per heavy atom. The molecular weight excluding hydrogens is 256 g/mol. The first-order valence-corrected chi connectivity index (χ1v) is 5.75. The second-order valence-electron chi connectivity index (χ2n) is 3.94. The van der Waals surface area contributed by atoms with Crippen molar-refractivity contribution in [3.8, 4) is 0 Å². The molecule has 0 aliphatic carbocycles. The summed E-state index contributed by atoms with van der Waals surface area (Å²) in [6.07, 6.45) is 0.715. The van der Waals surface area contributed by atoms with Crippen LogP contribution < -0.4 is 11.1 Å².